The molecule has 0 aromatic carbocycles. The van der Waals surface area contributed by atoms with Gasteiger partial charge in [0.15, 0.2) is 6.04 Å². The van der Waals surface area contributed by atoms with Crippen LogP contribution in [-0.4, -0.2) is 27.9 Å². The third-order valence-corrected chi connectivity index (χ3v) is 2.22. The maximum Gasteiger partial charge on any atom is 0.330 e. The summed E-state index contributed by atoms with van der Waals surface area (Å²) in [6.07, 6.45) is 11.2. The van der Waals surface area contributed by atoms with Crippen molar-refractivity contribution in [2.45, 2.75) is 6.04 Å². The molecule has 0 aromatic rings. The van der Waals surface area contributed by atoms with Gasteiger partial charge in [0.1, 0.15) is 0 Å². The van der Waals surface area contributed by atoms with Gasteiger partial charge in [-0.05, 0) is 12.2 Å². The lowest BCUT2D eigenvalue weighted by atomic mass is 10.1. The smallest absolute Gasteiger partial charge is 0.330 e. The molecule has 1 N–H and O–H groups in total. The molecular weight excluding hydrogens is 194 g/mol. The van der Waals surface area contributed by atoms with Gasteiger partial charge in [0.25, 0.3) is 5.91 Å². The van der Waals surface area contributed by atoms with E-state index in [0.29, 0.717) is 5.70 Å². The van der Waals surface area contributed by atoms with Gasteiger partial charge in [-0.25, -0.2) is 4.79 Å². The van der Waals surface area contributed by atoms with Crippen LogP contribution < -0.4 is 0 Å². The maximum atomic E-state index is 11.6. The summed E-state index contributed by atoms with van der Waals surface area (Å²) in [5.74, 6) is -1.35. The molecule has 1 amide bonds. The Balaban J connectivity index is 2.43. The van der Waals surface area contributed by atoms with Crippen molar-refractivity contribution < 1.29 is 14.7 Å². The van der Waals surface area contributed by atoms with Crippen LogP contribution in [0.2, 0.25) is 0 Å². The highest BCUT2D eigenvalue weighted by Crippen LogP contribution is 2.20. The van der Waals surface area contributed by atoms with E-state index in [1.54, 1.807) is 30.4 Å². The number of hydrogen-bond donors (Lipinski definition) is 1. The minimum Gasteiger partial charge on any atom is -0.479 e. The molecule has 76 valence electrons. The van der Waals surface area contributed by atoms with Crippen molar-refractivity contribution in [3.63, 3.8) is 0 Å². The number of carboxylic acids is 1. The molecule has 2 heterocycles. The Morgan fingerprint density at radius 3 is 2.73 bits per heavy atom. The van der Waals surface area contributed by atoms with Crippen molar-refractivity contribution in [3.05, 3.63) is 48.2 Å². The van der Waals surface area contributed by atoms with Gasteiger partial charge in [0, 0.05) is 11.8 Å². The molecule has 0 bridgehead atoms. The molecule has 15 heavy (non-hydrogen) atoms. The summed E-state index contributed by atoms with van der Waals surface area (Å²) in [4.78, 5) is 23.8. The Bertz CT molecular complexity index is 429. The minimum absolute atomic E-state index is 0.317. The average Bonchev–Trinajstić information content (AvgIpc) is 2.40. The molecule has 0 aromatic heterocycles. The summed E-state index contributed by atoms with van der Waals surface area (Å²) in [6.45, 7) is 0. The van der Waals surface area contributed by atoms with E-state index in [2.05, 4.69) is 0 Å². The van der Waals surface area contributed by atoms with Gasteiger partial charge >= 0.3 is 5.97 Å². The predicted molar refractivity (Wildman–Crippen MR) is 53.8 cm³/mol. The Morgan fingerprint density at radius 1 is 1.27 bits per heavy atom. The minimum atomic E-state index is -1.03. The summed E-state index contributed by atoms with van der Waals surface area (Å²) in [7, 11) is 0. The third-order valence-electron chi connectivity index (χ3n) is 2.22. The molecule has 1 unspecified atom stereocenters. The van der Waals surface area contributed by atoms with Crippen molar-refractivity contribution >= 4 is 11.9 Å². The second-order valence-electron chi connectivity index (χ2n) is 3.19. The molecular formula is C11H9NO3. The molecule has 0 saturated carbocycles. The predicted octanol–water partition coefficient (Wildman–Crippen LogP) is 0.848. The maximum absolute atomic E-state index is 11.6. The van der Waals surface area contributed by atoms with E-state index in [4.69, 9.17) is 5.11 Å². The zero-order valence-electron chi connectivity index (χ0n) is 7.83. The molecule has 0 saturated heterocycles. The van der Waals surface area contributed by atoms with Crippen LogP contribution in [0.15, 0.2) is 48.2 Å². The number of nitrogens with zero attached hydrogens (tertiary/aromatic N) is 1. The van der Waals surface area contributed by atoms with Gasteiger partial charge in [0.05, 0.1) is 0 Å². The van der Waals surface area contributed by atoms with Crippen molar-refractivity contribution in [3.8, 4) is 0 Å². The van der Waals surface area contributed by atoms with Crippen molar-refractivity contribution in [1.29, 1.82) is 0 Å². The third kappa shape index (κ3) is 1.61. The molecule has 0 spiro atoms. The first-order chi connectivity index (χ1) is 7.20. The Morgan fingerprint density at radius 2 is 2.00 bits per heavy atom. The van der Waals surface area contributed by atoms with E-state index >= 15 is 0 Å². The summed E-state index contributed by atoms with van der Waals surface area (Å²) >= 11 is 0. The first-order valence-electron chi connectivity index (χ1n) is 4.49. The molecule has 2 aliphatic rings. The fourth-order valence-corrected chi connectivity index (χ4v) is 1.55. The number of fused-ring (bicyclic) bond motifs is 1. The number of rotatable bonds is 1. The SMILES string of the molecule is O=C(O)C1C=CC=C2C=CC=CC(=O)N21. The number of carbonyl (C=O) groups excluding carboxylic acids is 1. The van der Waals surface area contributed by atoms with E-state index in [1.165, 1.54) is 17.1 Å². The number of amides is 1. The zero-order chi connectivity index (χ0) is 10.8. The van der Waals surface area contributed by atoms with Crippen molar-refractivity contribution in [2.24, 2.45) is 0 Å². The fraction of sp³-hybridized carbons (Fsp3) is 0.0909. The Hall–Kier alpha value is -2.10. The summed E-state index contributed by atoms with van der Waals surface area (Å²) < 4.78 is 0. The van der Waals surface area contributed by atoms with Crippen LogP contribution in [-0.2, 0) is 9.59 Å². The van der Waals surface area contributed by atoms with Crippen LogP contribution in [0.25, 0.3) is 0 Å². The molecule has 1 atom stereocenters. The number of carbonyl (C=O) groups is 2. The summed E-state index contributed by atoms with van der Waals surface area (Å²) in [6, 6.07) is -0.912. The summed E-state index contributed by atoms with van der Waals surface area (Å²) in [5, 5.41) is 8.97. The highest BCUT2D eigenvalue weighted by atomic mass is 16.4. The molecule has 0 aliphatic carbocycles. The van der Waals surface area contributed by atoms with Crippen molar-refractivity contribution in [1.82, 2.24) is 4.90 Å². The standard InChI is InChI=1S/C11H9NO3/c13-10-7-2-1-4-8-5-3-6-9(11(14)15)12(8)10/h1-7,9H,(H,14,15). The lowest BCUT2D eigenvalue weighted by molar-refractivity contribution is -0.144. The van der Waals surface area contributed by atoms with Crippen molar-refractivity contribution in [2.75, 3.05) is 0 Å². The van der Waals surface area contributed by atoms with Gasteiger partial charge < -0.3 is 5.11 Å². The molecule has 2 rings (SSSR count). The van der Waals surface area contributed by atoms with Crippen LogP contribution in [0.5, 0.6) is 0 Å². The normalized spacial score (nSPS) is 23.5. The Kier molecular flexibility index (Phi) is 2.25. The second-order valence-corrected chi connectivity index (χ2v) is 3.19. The van der Waals surface area contributed by atoms with Gasteiger partial charge in [-0.3, -0.25) is 9.69 Å². The Labute approximate surface area is 86.5 Å². The van der Waals surface area contributed by atoms with E-state index in [1.807, 2.05) is 0 Å². The van der Waals surface area contributed by atoms with Crippen LogP contribution in [0.4, 0.5) is 0 Å². The number of aliphatic carboxylic acids is 1. The molecule has 2 aliphatic heterocycles. The number of allylic oxidation sites excluding steroid dienone is 5. The van der Waals surface area contributed by atoms with Crippen LogP contribution in [0.1, 0.15) is 0 Å². The van der Waals surface area contributed by atoms with Gasteiger partial charge in [0.2, 0.25) is 0 Å². The fourth-order valence-electron chi connectivity index (χ4n) is 1.55. The topological polar surface area (TPSA) is 57.6 Å². The monoisotopic (exact) mass is 203 g/mol. The second kappa shape index (κ2) is 3.57. The highest BCUT2D eigenvalue weighted by Gasteiger charge is 2.30. The van der Waals surface area contributed by atoms with Crippen LogP contribution in [0.3, 0.4) is 0 Å². The number of hydrogen-bond acceptors (Lipinski definition) is 2. The van der Waals surface area contributed by atoms with E-state index < -0.39 is 12.0 Å². The first kappa shape index (κ1) is 9.45. The van der Waals surface area contributed by atoms with Crippen LogP contribution >= 0.6 is 0 Å². The lowest BCUT2D eigenvalue weighted by Gasteiger charge is -2.28. The molecule has 0 radical (unpaired) electrons. The lowest BCUT2D eigenvalue weighted by Crippen LogP contribution is -2.43. The van der Waals surface area contributed by atoms with Crippen LogP contribution in [0, 0.1) is 0 Å². The van der Waals surface area contributed by atoms with Gasteiger partial charge in [-0.15, -0.1) is 0 Å². The molecule has 4 nitrogen and oxygen atoms in total. The first-order valence-corrected chi connectivity index (χ1v) is 4.49. The van der Waals surface area contributed by atoms with Gasteiger partial charge in [-0.1, -0.05) is 24.3 Å². The van der Waals surface area contributed by atoms with E-state index in [-0.39, 0.29) is 5.91 Å². The molecule has 4 heteroatoms. The highest BCUT2D eigenvalue weighted by molar-refractivity contribution is 5.94. The zero-order valence-corrected chi connectivity index (χ0v) is 7.83. The largest absolute Gasteiger partial charge is 0.479 e. The quantitative estimate of drug-likeness (QED) is 0.687. The number of carboxylic acid groups (broad SMARTS) is 1. The van der Waals surface area contributed by atoms with E-state index in [0.717, 1.165) is 0 Å². The van der Waals surface area contributed by atoms with E-state index in [9.17, 15) is 9.59 Å². The summed E-state index contributed by atoms with van der Waals surface area (Å²) in [5.41, 5.74) is 0.597. The molecule has 0 fully saturated rings. The van der Waals surface area contributed by atoms with Gasteiger partial charge in [-0.2, -0.15) is 0 Å². The average molecular weight is 203 g/mol.